The van der Waals surface area contributed by atoms with E-state index in [-0.39, 0.29) is 0 Å². The fourth-order valence-corrected chi connectivity index (χ4v) is 3.68. The molecule has 1 N–H and O–H groups in total. The van der Waals surface area contributed by atoms with E-state index >= 15 is 0 Å². The molecule has 1 saturated carbocycles. The highest BCUT2D eigenvalue weighted by Gasteiger charge is 2.33. The Kier molecular flexibility index (Phi) is 5.48. The lowest BCUT2D eigenvalue weighted by molar-refractivity contribution is 0.130. The average Bonchev–Trinajstić information content (AvgIpc) is 2.45. The number of nitrogens with one attached hydrogen (secondary N) is 1. The Bertz CT molecular complexity index is 424. The van der Waals surface area contributed by atoms with Crippen LogP contribution < -0.4 is 5.32 Å². The third-order valence-electron chi connectivity index (χ3n) is 5.09. The van der Waals surface area contributed by atoms with E-state index in [9.17, 15) is 0 Å². The van der Waals surface area contributed by atoms with E-state index in [1.54, 1.807) is 0 Å². The van der Waals surface area contributed by atoms with Gasteiger partial charge in [0.25, 0.3) is 0 Å². The summed E-state index contributed by atoms with van der Waals surface area (Å²) >= 11 is 0. The van der Waals surface area contributed by atoms with Crippen molar-refractivity contribution < 1.29 is 0 Å². The summed E-state index contributed by atoms with van der Waals surface area (Å²) in [6.07, 6.45) is 5.51. The summed E-state index contributed by atoms with van der Waals surface area (Å²) in [7, 11) is 0. The molecule has 1 heteroatoms. The maximum Gasteiger partial charge on any atom is 0.0208 e. The van der Waals surface area contributed by atoms with Gasteiger partial charge in [0, 0.05) is 12.6 Å². The van der Waals surface area contributed by atoms with E-state index in [4.69, 9.17) is 0 Å². The van der Waals surface area contributed by atoms with Crippen LogP contribution in [0.5, 0.6) is 0 Å². The van der Waals surface area contributed by atoms with E-state index in [2.05, 4.69) is 64.2 Å². The highest BCUT2D eigenvalue weighted by atomic mass is 14.9. The molecule has 2 atom stereocenters. The predicted molar refractivity (Wildman–Crippen MR) is 92.6 cm³/mol. The summed E-state index contributed by atoms with van der Waals surface area (Å²) in [6.45, 7) is 12.7. The van der Waals surface area contributed by atoms with Crippen LogP contribution in [0.15, 0.2) is 24.3 Å². The number of benzene rings is 1. The molecule has 0 bridgehead atoms. The van der Waals surface area contributed by atoms with Gasteiger partial charge in [-0.15, -0.1) is 0 Å². The monoisotopic (exact) mass is 287 g/mol. The molecule has 1 aliphatic rings. The fourth-order valence-electron chi connectivity index (χ4n) is 3.68. The molecular weight excluding hydrogens is 254 g/mol. The first-order valence-electron chi connectivity index (χ1n) is 8.70. The van der Waals surface area contributed by atoms with Gasteiger partial charge in [0.2, 0.25) is 0 Å². The Hall–Kier alpha value is -0.820. The number of hydrogen-bond acceptors (Lipinski definition) is 1. The van der Waals surface area contributed by atoms with Crippen LogP contribution in [0.1, 0.15) is 77.3 Å². The molecule has 0 aliphatic heterocycles. The summed E-state index contributed by atoms with van der Waals surface area (Å²) in [5, 5.41) is 3.84. The Balaban J connectivity index is 1.94. The molecule has 0 radical (unpaired) electrons. The van der Waals surface area contributed by atoms with Gasteiger partial charge in [0.1, 0.15) is 0 Å². The zero-order valence-electron chi connectivity index (χ0n) is 14.6. The lowest BCUT2D eigenvalue weighted by Gasteiger charge is -2.41. The Morgan fingerprint density at radius 2 is 1.67 bits per heavy atom. The van der Waals surface area contributed by atoms with Crippen LogP contribution in [0.4, 0.5) is 0 Å². The standard InChI is InChI=1S/C20H33N/c1-15(2)17-12-10-16(11-13-17)14-21-19-9-7-6-8-18(19)20(3,4)5/h10-13,15,18-19,21H,6-9,14H2,1-5H3. The summed E-state index contributed by atoms with van der Waals surface area (Å²) in [6, 6.07) is 9.82. The van der Waals surface area contributed by atoms with E-state index in [1.807, 2.05) is 0 Å². The molecule has 2 rings (SSSR count). The average molecular weight is 287 g/mol. The van der Waals surface area contributed by atoms with E-state index in [0.29, 0.717) is 17.4 Å². The molecule has 118 valence electrons. The molecule has 0 spiro atoms. The minimum Gasteiger partial charge on any atom is -0.310 e. The van der Waals surface area contributed by atoms with Crippen molar-refractivity contribution in [2.45, 2.75) is 78.8 Å². The molecule has 1 nitrogen and oxygen atoms in total. The maximum absolute atomic E-state index is 3.84. The van der Waals surface area contributed by atoms with Gasteiger partial charge in [-0.2, -0.15) is 0 Å². The second kappa shape index (κ2) is 6.96. The first kappa shape index (κ1) is 16.5. The first-order chi connectivity index (χ1) is 9.88. The topological polar surface area (TPSA) is 12.0 Å². The van der Waals surface area contributed by atoms with Gasteiger partial charge >= 0.3 is 0 Å². The Labute approximate surface area is 131 Å². The summed E-state index contributed by atoms with van der Waals surface area (Å²) < 4.78 is 0. The number of hydrogen-bond donors (Lipinski definition) is 1. The molecule has 1 fully saturated rings. The van der Waals surface area contributed by atoms with Crippen LogP contribution in [-0.2, 0) is 6.54 Å². The summed E-state index contributed by atoms with van der Waals surface area (Å²) in [5.74, 6) is 1.43. The van der Waals surface area contributed by atoms with Crippen molar-refractivity contribution in [2.24, 2.45) is 11.3 Å². The van der Waals surface area contributed by atoms with Crippen LogP contribution in [0.2, 0.25) is 0 Å². The normalized spacial score (nSPS) is 23.5. The van der Waals surface area contributed by atoms with Gasteiger partial charge in [-0.1, -0.05) is 71.7 Å². The minimum absolute atomic E-state index is 0.416. The van der Waals surface area contributed by atoms with E-state index in [1.165, 1.54) is 36.8 Å². The minimum atomic E-state index is 0.416. The van der Waals surface area contributed by atoms with Crippen LogP contribution in [-0.4, -0.2) is 6.04 Å². The van der Waals surface area contributed by atoms with Crippen molar-refractivity contribution in [3.8, 4) is 0 Å². The van der Waals surface area contributed by atoms with Gasteiger partial charge in [0.05, 0.1) is 0 Å². The smallest absolute Gasteiger partial charge is 0.0208 e. The van der Waals surface area contributed by atoms with Gasteiger partial charge < -0.3 is 5.32 Å². The van der Waals surface area contributed by atoms with Gasteiger partial charge in [-0.3, -0.25) is 0 Å². The molecule has 0 saturated heterocycles. The zero-order chi connectivity index (χ0) is 15.5. The van der Waals surface area contributed by atoms with Crippen molar-refractivity contribution in [3.05, 3.63) is 35.4 Å². The van der Waals surface area contributed by atoms with Gasteiger partial charge in [-0.25, -0.2) is 0 Å². The van der Waals surface area contributed by atoms with Crippen molar-refractivity contribution in [2.75, 3.05) is 0 Å². The third-order valence-corrected chi connectivity index (χ3v) is 5.09. The van der Waals surface area contributed by atoms with E-state index < -0.39 is 0 Å². The second-order valence-corrected chi connectivity index (χ2v) is 8.14. The highest BCUT2D eigenvalue weighted by molar-refractivity contribution is 5.24. The van der Waals surface area contributed by atoms with E-state index in [0.717, 1.165) is 12.5 Å². The summed E-state index contributed by atoms with van der Waals surface area (Å²) in [5.41, 5.74) is 3.26. The van der Waals surface area contributed by atoms with Crippen LogP contribution >= 0.6 is 0 Å². The second-order valence-electron chi connectivity index (χ2n) is 8.14. The van der Waals surface area contributed by atoms with Crippen LogP contribution in [0.25, 0.3) is 0 Å². The van der Waals surface area contributed by atoms with Crippen molar-refractivity contribution >= 4 is 0 Å². The lowest BCUT2D eigenvalue weighted by atomic mass is 9.69. The van der Waals surface area contributed by atoms with Gasteiger partial charge in [0.15, 0.2) is 0 Å². The largest absolute Gasteiger partial charge is 0.310 e. The number of rotatable bonds is 4. The molecule has 2 unspecified atom stereocenters. The van der Waals surface area contributed by atoms with Crippen LogP contribution in [0, 0.1) is 11.3 Å². The third kappa shape index (κ3) is 4.57. The highest BCUT2D eigenvalue weighted by Crippen LogP contribution is 2.38. The molecule has 1 aromatic rings. The lowest BCUT2D eigenvalue weighted by Crippen LogP contribution is -2.43. The summed E-state index contributed by atoms with van der Waals surface area (Å²) in [4.78, 5) is 0. The molecule has 1 aliphatic carbocycles. The maximum atomic E-state index is 3.84. The Morgan fingerprint density at radius 3 is 2.24 bits per heavy atom. The predicted octanol–water partition coefficient (Wildman–Crippen LogP) is 5.50. The Morgan fingerprint density at radius 1 is 1.05 bits per heavy atom. The van der Waals surface area contributed by atoms with Crippen molar-refractivity contribution in [3.63, 3.8) is 0 Å². The molecule has 0 amide bonds. The van der Waals surface area contributed by atoms with Crippen LogP contribution in [0.3, 0.4) is 0 Å². The zero-order valence-corrected chi connectivity index (χ0v) is 14.6. The van der Waals surface area contributed by atoms with Crippen molar-refractivity contribution in [1.29, 1.82) is 0 Å². The van der Waals surface area contributed by atoms with Gasteiger partial charge in [-0.05, 0) is 41.2 Å². The first-order valence-corrected chi connectivity index (χ1v) is 8.70. The molecular formula is C20H33N. The molecule has 0 heterocycles. The fraction of sp³-hybridized carbons (Fsp3) is 0.700. The SMILES string of the molecule is CC(C)c1ccc(CNC2CCCCC2C(C)(C)C)cc1. The quantitative estimate of drug-likeness (QED) is 0.770. The molecule has 21 heavy (non-hydrogen) atoms. The molecule has 0 aromatic heterocycles. The van der Waals surface area contributed by atoms with Crippen molar-refractivity contribution in [1.82, 2.24) is 5.32 Å². The molecule has 1 aromatic carbocycles.